The van der Waals surface area contributed by atoms with Crippen LogP contribution in [0, 0.1) is 24.7 Å². The van der Waals surface area contributed by atoms with Crippen molar-refractivity contribution in [1.29, 1.82) is 0 Å². The number of nitrogens with one attached hydrogen (secondary N) is 1. The SMILES string of the molecule is CCC1CC2CC(CC(C)(O)C2)C1NC(=O)C(C)(C)N(C)Sc1ccccc1C. The maximum Gasteiger partial charge on any atom is 0.241 e. The minimum absolute atomic E-state index is 0.0770. The van der Waals surface area contributed by atoms with E-state index in [0.29, 0.717) is 17.8 Å². The molecule has 5 heteroatoms. The van der Waals surface area contributed by atoms with Crippen LogP contribution in [0.15, 0.2) is 29.2 Å². The van der Waals surface area contributed by atoms with E-state index in [-0.39, 0.29) is 11.9 Å². The highest BCUT2D eigenvalue weighted by molar-refractivity contribution is 7.97. The molecule has 0 saturated heterocycles. The zero-order chi connectivity index (χ0) is 21.4. The van der Waals surface area contributed by atoms with Crippen LogP contribution in [0.5, 0.6) is 0 Å². The first-order valence-electron chi connectivity index (χ1n) is 11.0. The van der Waals surface area contributed by atoms with Crippen molar-refractivity contribution in [2.45, 2.75) is 88.8 Å². The van der Waals surface area contributed by atoms with Gasteiger partial charge in [0.2, 0.25) is 5.91 Å². The van der Waals surface area contributed by atoms with E-state index >= 15 is 0 Å². The molecular formula is C24H38N2O2S. The van der Waals surface area contributed by atoms with Crippen LogP contribution in [0.3, 0.4) is 0 Å². The molecule has 5 atom stereocenters. The molecule has 2 aliphatic rings. The normalized spacial score (nSPS) is 32.3. The molecule has 29 heavy (non-hydrogen) atoms. The van der Waals surface area contributed by atoms with Gasteiger partial charge >= 0.3 is 0 Å². The highest BCUT2D eigenvalue weighted by atomic mass is 32.2. The van der Waals surface area contributed by atoms with Crippen LogP contribution < -0.4 is 5.32 Å². The average Bonchev–Trinajstić information content (AvgIpc) is 2.64. The number of hydrogen-bond acceptors (Lipinski definition) is 4. The maximum absolute atomic E-state index is 13.4. The maximum atomic E-state index is 13.4. The summed E-state index contributed by atoms with van der Waals surface area (Å²) in [5.41, 5.74) is -0.0176. The summed E-state index contributed by atoms with van der Waals surface area (Å²) < 4.78 is 2.06. The summed E-state index contributed by atoms with van der Waals surface area (Å²) in [6, 6.07) is 8.44. The molecule has 1 aromatic rings. The van der Waals surface area contributed by atoms with Crippen molar-refractivity contribution in [1.82, 2.24) is 9.62 Å². The van der Waals surface area contributed by atoms with Gasteiger partial charge in [-0.25, -0.2) is 4.31 Å². The monoisotopic (exact) mass is 418 g/mol. The highest BCUT2D eigenvalue weighted by Gasteiger charge is 2.47. The number of carbonyl (C=O) groups excluding carboxylic acids is 1. The summed E-state index contributed by atoms with van der Waals surface area (Å²) in [4.78, 5) is 14.6. The number of amides is 1. The van der Waals surface area contributed by atoms with Gasteiger partial charge in [-0.3, -0.25) is 4.79 Å². The van der Waals surface area contributed by atoms with Gasteiger partial charge in [0.25, 0.3) is 0 Å². The van der Waals surface area contributed by atoms with Gasteiger partial charge in [-0.05, 0) is 102 Å². The third-order valence-electron chi connectivity index (χ3n) is 7.21. The molecule has 1 aromatic carbocycles. The second kappa shape index (κ2) is 8.60. The smallest absolute Gasteiger partial charge is 0.241 e. The van der Waals surface area contributed by atoms with Crippen LogP contribution in [0.1, 0.15) is 65.4 Å². The first-order chi connectivity index (χ1) is 13.5. The zero-order valence-electron chi connectivity index (χ0n) is 18.9. The Morgan fingerprint density at radius 1 is 1.31 bits per heavy atom. The van der Waals surface area contributed by atoms with Gasteiger partial charge in [0, 0.05) is 10.9 Å². The summed E-state index contributed by atoms with van der Waals surface area (Å²) in [7, 11) is 2.00. The van der Waals surface area contributed by atoms with Gasteiger partial charge in [0.1, 0.15) is 5.54 Å². The van der Waals surface area contributed by atoms with Gasteiger partial charge in [0.05, 0.1) is 5.60 Å². The Kier molecular flexibility index (Phi) is 6.72. The molecule has 2 fully saturated rings. The van der Waals surface area contributed by atoms with Crippen molar-refractivity contribution in [3.8, 4) is 0 Å². The van der Waals surface area contributed by atoms with Crippen molar-refractivity contribution in [3.63, 3.8) is 0 Å². The lowest BCUT2D eigenvalue weighted by atomic mass is 9.60. The fourth-order valence-corrected chi connectivity index (χ4v) is 6.28. The van der Waals surface area contributed by atoms with Crippen molar-refractivity contribution in [2.24, 2.45) is 17.8 Å². The molecule has 2 saturated carbocycles. The number of rotatable bonds is 6. The van der Waals surface area contributed by atoms with E-state index in [1.165, 1.54) is 10.5 Å². The van der Waals surface area contributed by atoms with Crippen LogP contribution in [0.2, 0.25) is 0 Å². The predicted octanol–water partition coefficient (Wildman–Crippen LogP) is 4.79. The molecule has 0 spiro atoms. The standard InChI is InChI=1S/C24H38N2O2S/c1-7-18-12-17-13-19(15-24(5,28)14-17)21(18)25-22(27)23(3,4)26(6)29-20-11-9-8-10-16(20)2/h8-11,17-19,21,28H,7,12-15H2,1-6H3,(H,25,27). The Balaban J connectivity index is 1.72. The number of carbonyl (C=O) groups is 1. The fraction of sp³-hybridized carbons (Fsp3) is 0.708. The summed E-state index contributed by atoms with van der Waals surface area (Å²) >= 11 is 1.62. The van der Waals surface area contributed by atoms with E-state index < -0.39 is 11.1 Å². The van der Waals surface area contributed by atoms with Gasteiger partial charge in [0.15, 0.2) is 0 Å². The second-order valence-electron chi connectivity index (χ2n) is 10.1. The molecular weight excluding hydrogens is 380 g/mol. The number of likely N-dealkylation sites (N-methyl/N-ethyl adjacent to an activating group) is 1. The van der Waals surface area contributed by atoms with Crippen LogP contribution in [-0.2, 0) is 4.79 Å². The Labute approximate surface area is 181 Å². The van der Waals surface area contributed by atoms with E-state index in [1.807, 2.05) is 40.0 Å². The van der Waals surface area contributed by atoms with E-state index in [0.717, 1.165) is 32.1 Å². The quantitative estimate of drug-likeness (QED) is 0.652. The van der Waals surface area contributed by atoms with E-state index in [9.17, 15) is 9.90 Å². The molecule has 0 aliphatic heterocycles. The molecule has 1 amide bonds. The molecule has 5 unspecified atom stereocenters. The van der Waals surface area contributed by atoms with Crippen LogP contribution in [0.25, 0.3) is 0 Å². The summed E-state index contributed by atoms with van der Waals surface area (Å²) in [5.74, 6) is 1.54. The Morgan fingerprint density at radius 2 is 2.00 bits per heavy atom. The second-order valence-corrected chi connectivity index (χ2v) is 11.3. The highest BCUT2D eigenvalue weighted by Crippen LogP contribution is 2.47. The number of aliphatic hydroxyl groups is 1. The van der Waals surface area contributed by atoms with E-state index in [1.54, 1.807) is 11.9 Å². The topological polar surface area (TPSA) is 52.6 Å². The third kappa shape index (κ3) is 5.00. The number of hydrogen-bond donors (Lipinski definition) is 2. The number of nitrogens with zero attached hydrogens (tertiary/aromatic N) is 1. The van der Waals surface area contributed by atoms with Gasteiger partial charge < -0.3 is 10.4 Å². The molecule has 4 nitrogen and oxygen atoms in total. The minimum atomic E-state index is -0.640. The van der Waals surface area contributed by atoms with E-state index in [4.69, 9.17) is 0 Å². The van der Waals surface area contributed by atoms with Crippen molar-refractivity contribution in [3.05, 3.63) is 29.8 Å². The Bertz CT molecular complexity index is 733. The summed E-state index contributed by atoms with van der Waals surface area (Å²) in [6.45, 7) is 10.3. The first-order valence-corrected chi connectivity index (χ1v) is 11.8. The Morgan fingerprint density at radius 3 is 2.66 bits per heavy atom. The predicted molar refractivity (Wildman–Crippen MR) is 121 cm³/mol. The summed E-state index contributed by atoms with van der Waals surface area (Å²) in [6.07, 6.45) is 5.02. The number of aryl methyl sites for hydroxylation is 1. The van der Waals surface area contributed by atoms with Crippen LogP contribution >= 0.6 is 11.9 Å². The molecule has 3 rings (SSSR count). The number of benzene rings is 1. The summed E-state index contributed by atoms with van der Waals surface area (Å²) in [5, 5.41) is 14.1. The number of fused-ring (bicyclic) bond motifs is 2. The first kappa shape index (κ1) is 22.6. The molecule has 2 N–H and O–H groups in total. The molecule has 162 valence electrons. The molecule has 0 heterocycles. The van der Waals surface area contributed by atoms with Crippen LogP contribution in [0.4, 0.5) is 0 Å². The van der Waals surface area contributed by atoms with Crippen molar-refractivity contribution < 1.29 is 9.90 Å². The average molecular weight is 419 g/mol. The largest absolute Gasteiger partial charge is 0.390 e. The minimum Gasteiger partial charge on any atom is -0.390 e. The van der Waals surface area contributed by atoms with Crippen LogP contribution in [-0.4, -0.2) is 39.5 Å². The Hall–Kier alpha value is -1.04. The zero-order valence-corrected chi connectivity index (χ0v) is 19.7. The lowest BCUT2D eigenvalue weighted by molar-refractivity contribution is -0.132. The fourth-order valence-electron chi connectivity index (χ4n) is 5.33. The molecule has 0 aromatic heterocycles. The van der Waals surface area contributed by atoms with Gasteiger partial charge in [-0.15, -0.1) is 0 Å². The van der Waals surface area contributed by atoms with Gasteiger partial charge in [-0.2, -0.15) is 0 Å². The van der Waals surface area contributed by atoms with Crippen molar-refractivity contribution in [2.75, 3.05) is 7.05 Å². The molecule has 2 bridgehead atoms. The third-order valence-corrected chi connectivity index (χ3v) is 8.60. The lowest BCUT2D eigenvalue weighted by Crippen LogP contribution is -2.59. The van der Waals surface area contributed by atoms with Crippen molar-refractivity contribution >= 4 is 17.9 Å². The van der Waals surface area contributed by atoms with E-state index in [2.05, 4.69) is 35.6 Å². The molecule has 0 radical (unpaired) electrons. The molecule has 2 aliphatic carbocycles. The van der Waals surface area contributed by atoms with Gasteiger partial charge in [-0.1, -0.05) is 31.5 Å². The lowest BCUT2D eigenvalue weighted by Gasteiger charge is -2.50.